The largest absolute Gasteiger partial charge is 0.497 e. The minimum absolute atomic E-state index is 0.0418. The second-order valence-electron chi connectivity index (χ2n) is 4.85. The van der Waals surface area contributed by atoms with E-state index in [2.05, 4.69) is 46.4 Å². The van der Waals surface area contributed by atoms with Crippen molar-refractivity contribution in [2.45, 2.75) is 13.0 Å². The van der Waals surface area contributed by atoms with Crippen LogP contribution < -0.4 is 14.8 Å². The van der Waals surface area contributed by atoms with Crippen molar-refractivity contribution in [3.05, 3.63) is 57.6 Å². The van der Waals surface area contributed by atoms with Crippen LogP contribution in [-0.2, 0) is 0 Å². The zero-order valence-corrected chi connectivity index (χ0v) is 14.3. The fraction of sp³-hybridized carbons (Fsp3) is 0.294. The summed E-state index contributed by atoms with van der Waals surface area (Å²) >= 11 is 3.64. The molecule has 2 rings (SSSR count). The van der Waals surface area contributed by atoms with Gasteiger partial charge in [-0.2, -0.15) is 0 Å². The highest BCUT2D eigenvalue weighted by atomic mass is 79.9. The van der Waals surface area contributed by atoms with Crippen LogP contribution in [-0.4, -0.2) is 21.3 Å². The van der Waals surface area contributed by atoms with Crippen LogP contribution in [0.4, 0.5) is 0 Å². The second kappa shape index (κ2) is 6.96. The molecule has 0 fully saturated rings. The highest BCUT2D eigenvalue weighted by Gasteiger charge is 2.19. The monoisotopic (exact) mass is 349 g/mol. The average molecular weight is 350 g/mol. The van der Waals surface area contributed by atoms with Gasteiger partial charge in [0, 0.05) is 16.1 Å². The molecule has 0 aliphatic rings. The van der Waals surface area contributed by atoms with E-state index in [0.29, 0.717) is 0 Å². The van der Waals surface area contributed by atoms with Crippen molar-refractivity contribution in [2.75, 3.05) is 21.3 Å². The lowest BCUT2D eigenvalue weighted by Gasteiger charge is -2.22. The molecule has 1 atom stereocenters. The summed E-state index contributed by atoms with van der Waals surface area (Å²) in [5.74, 6) is 1.59. The van der Waals surface area contributed by atoms with Crippen LogP contribution in [0.15, 0.2) is 40.9 Å². The summed E-state index contributed by atoms with van der Waals surface area (Å²) in [6, 6.07) is 12.3. The zero-order valence-electron chi connectivity index (χ0n) is 12.7. The van der Waals surface area contributed by atoms with Crippen molar-refractivity contribution >= 4 is 15.9 Å². The molecule has 0 amide bonds. The molecule has 0 bridgehead atoms. The van der Waals surface area contributed by atoms with Gasteiger partial charge in [0.05, 0.1) is 20.3 Å². The van der Waals surface area contributed by atoms with Crippen LogP contribution in [0.2, 0.25) is 0 Å². The Morgan fingerprint density at radius 1 is 1.00 bits per heavy atom. The quantitative estimate of drug-likeness (QED) is 0.881. The number of halogens is 1. The SMILES string of the molecule is CNC(c1cc(C)ccc1Br)c1ccc(OC)cc1OC. The van der Waals surface area contributed by atoms with Crippen molar-refractivity contribution in [1.82, 2.24) is 5.32 Å². The third-order valence-corrected chi connectivity index (χ3v) is 4.22. The van der Waals surface area contributed by atoms with Gasteiger partial charge in [0.15, 0.2) is 0 Å². The van der Waals surface area contributed by atoms with Crippen LogP contribution in [0.5, 0.6) is 11.5 Å². The van der Waals surface area contributed by atoms with E-state index in [0.717, 1.165) is 21.5 Å². The molecule has 2 aromatic carbocycles. The lowest BCUT2D eigenvalue weighted by molar-refractivity contribution is 0.388. The number of hydrogen-bond donors (Lipinski definition) is 1. The number of nitrogens with one attached hydrogen (secondary N) is 1. The lowest BCUT2D eigenvalue weighted by Crippen LogP contribution is -2.19. The van der Waals surface area contributed by atoms with E-state index in [9.17, 15) is 0 Å². The first kappa shape index (κ1) is 15.9. The minimum atomic E-state index is 0.0418. The van der Waals surface area contributed by atoms with Gasteiger partial charge in [0.2, 0.25) is 0 Å². The maximum absolute atomic E-state index is 5.53. The molecule has 0 saturated carbocycles. The first-order valence-corrected chi connectivity index (χ1v) is 7.55. The van der Waals surface area contributed by atoms with E-state index in [1.807, 2.05) is 25.2 Å². The maximum Gasteiger partial charge on any atom is 0.127 e. The highest BCUT2D eigenvalue weighted by molar-refractivity contribution is 9.10. The molecule has 1 unspecified atom stereocenters. The highest BCUT2D eigenvalue weighted by Crippen LogP contribution is 2.35. The molecular weight excluding hydrogens is 330 g/mol. The number of ether oxygens (including phenoxy) is 2. The van der Waals surface area contributed by atoms with E-state index >= 15 is 0 Å². The van der Waals surface area contributed by atoms with Gasteiger partial charge in [-0.05, 0) is 37.7 Å². The van der Waals surface area contributed by atoms with Crippen molar-refractivity contribution in [2.24, 2.45) is 0 Å². The van der Waals surface area contributed by atoms with Gasteiger partial charge >= 0.3 is 0 Å². The van der Waals surface area contributed by atoms with Crippen molar-refractivity contribution in [3.8, 4) is 11.5 Å². The molecule has 0 aromatic heterocycles. The van der Waals surface area contributed by atoms with E-state index < -0.39 is 0 Å². The Morgan fingerprint density at radius 2 is 1.76 bits per heavy atom. The fourth-order valence-electron chi connectivity index (χ4n) is 2.42. The summed E-state index contributed by atoms with van der Waals surface area (Å²) in [5.41, 5.74) is 3.48. The Bertz CT molecular complexity index is 628. The fourth-order valence-corrected chi connectivity index (χ4v) is 2.90. The van der Waals surface area contributed by atoms with Crippen LogP contribution in [0.25, 0.3) is 0 Å². The summed E-state index contributed by atoms with van der Waals surface area (Å²) in [5, 5.41) is 3.36. The van der Waals surface area contributed by atoms with E-state index in [-0.39, 0.29) is 6.04 Å². The van der Waals surface area contributed by atoms with Crippen LogP contribution in [0.3, 0.4) is 0 Å². The Kier molecular flexibility index (Phi) is 5.26. The Balaban J connectivity index is 2.53. The van der Waals surface area contributed by atoms with Crippen molar-refractivity contribution in [1.29, 1.82) is 0 Å². The molecule has 112 valence electrons. The molecule has 3 nitrogen and oxygen atoms in total. The molecule has 21 heavy (non-hydrogen) atoms. The first-order chi connectivity index (χ1) is 10.1. The van der Waals surface area contributed by atoms with Crippen LogP contribution in [0, 0.1) is 6.92 Å². The molecule has 0 aliphatic heterocycles. The smallest absolute Gasteiger partial charge is 0.127 e. The predicted octanol–water partition coefficient (Wildman–Crippen LogP) is 4.08. The molecule has 0 spiro atoms. The van der Waals surface area contributed by atoms with Gasteiger partial charge in [-0.3, -0.25) is 0 Å². The number of hydrogen-bond acceptors (Lipinski definition) is 3. The number of aryl methyl sites for hydroxylation is 1. The molecule has 2 aromatic rings. The average Bonchev–Trinajstić information content (AvgIpc) is 2.51. The molecule has 0 saturated heterocycles. The third kappa shape index (κ3) is 3.39. The second-order valence-corrected chi connectivity index (χ2v) is 5.71. The summed E-state index contributed by atoms with van der Waals surface area (Å²) in [6.45, 7) is 2.09. The maximum atomic E-state index is 5.53. The third-order valence-electron chi connectivity index (χ3n) is 3.50. The van der Waals surface area contributed by atoms with E-state index in [4.69, 9.17) is 9.47 Å². The summed E-state index contributed by atoms with van der Waals surface area (Å²) < 4.78 is 11.9. The minimum Gasteiger partial charge on any atom is -0.497 e. The summed E-state index contributed by atoms with van der Waals surface area (Å²) in [4.78, 5) is 0. The summed E-state index contributed by atoms with van der Waals surface area (Å²) in [6.07, 6.45) is 0. The number of methoxy groups -OCH3 is 2. The van der Waals surface area contributed by atoms with Gasteiger partial charge < -0.3 is 14.8 Å². The van der Waals surface area contributed by atoms with Crippen LogP contribution in [0.1, 0.15) is 22.7 Å². The van der Waals surface area contributed by atoms with Crippen LogP contribution >= 0.6 is 15.9 Å². The van der Waals surface area contributed by atoms with Gasteiger partial charge in [-0.25, -0.2) is 0 Å². The Labute approximate surface area is 134 Å². The van der Waals surface area contributed by atoms with Gasteiger partial charge in [-0.15, -0.1) is 0 Å². The molecule has 4 heteroatoms. The first-order valence-electron chi connectivity index (χ1n) is 6.76. The predicted molar refractivity (Wildman–Crippen MR) is 89.3 cm³/mol. The normalized spacial score (nSPS) is 12.0. The van der Waals surface area contributed by atoms with Gasteiger partial charge in [-0.1, -0.05) is 33.6 Å². The van der Waals surface area contributed by atoms with E-state index in [1.165, 1.54) is 11.1 Å². The molecule has 1 N–H and O–H groups in total. The number of benzene rings is 2. The van der Waals surface area contributed by atoms with Gasteiger partial charge in [0.1, 0.15) is 11.5 Å². The Morgan fingerprint density at radius 3 is 2.38 bits per heavy atom. The zero-order chi connectivity index (χ0) is 15.4. The topological polar surface area (TPSA) is 30.5 Å². The number of rotatable bonds is 5. The van der Waals surface area contributed by atoms with E-state index in [1.54, 1.807) is 14.2 Å². The lowest BCUT2D eigenvalue weighted by atomic mass is 9.96. The van der Waals surface area contributed by atoms with Crippen molar-refractivity contribution in [3.63, 3.8) is 0 Å². The Hall–Kier alpha value is -1.52. The van der Waals surface area contributed by atoms with Crippen molar-refractivity contribution < 1.29 is 9.47 Å². The molecule has 0 aliphatic carbocycles. The molecular formula is C17H20BrNO2. The summed E-state index contributed by atoms with van der Waals surface area (Å²) in [7, 11) is 5.28. The van der Waals surface area contributed by atoms with Gasteiger partial charge in [0.25, 0.3) is 0 Å². The standard InChI is InChI=1S/C17H20BrNO2/c1-11-5-8-15(18)14(9-11)17(19-2)13-7-6-12(20-3)10-16(13)21-4/h5-10,17,19H,1-4H3. The molecule has 0 radical (unpaired) electrons. The molecule has 0 heterocycles.